The minimum absolute atomic E-state index is 0.0283. The van der Waals surface area contributed by atoms with Crippen molar-refractivity contribution in [3.8, 4) is 11.5 Å². The maximum Gasteiger partial charge on any atom is 0.328 e. The number of rotatable bonds is 13. The molecule has 0 spiro atoms. The number of esters is 1. The van der Waals surface area contributed by atoms with Gasteiger partial charge in [-0.2, -0.15) is 0 Å². The van der Waals surface area contributed by atoms with E-state index in [2.05, 4.69) is 0 Å². The van der Waals surface area contributed by atoms with Crippen LogP contribution in [-0.2, 0) is 14.3 Å². The molecule has 1 rings (SSSR count). The van der Waals surface area contributed by atoms with Crippen molar-refractivity contribution < 1.29 is 28.9 Å². The van der Waals surface area contributed by atoms with Gasteiger partial charge in [0.25, 0.3) is 0 Å². The first-order valence-electron chi connectivity index (χ1n) is 9.36. The Bertz CT molecular complexity index is 623. The van der Waals surface area contributed by atoms with Crippen LogP contribution in [-0.4, -0.2) is 37.4 Å². The quantitative estimate of drug-likeness (QED) is 0.313. The fourth-order valence-corrected chi connectivity index (χ4v) is 2.30. The van der Waals surface area contributed by atoms with E-state index in [0.29, 0.717) is 24.7 Å². The number of benzene rings is 1. The molecule has 0 aliphatic carbocycles. The lowest BCUT2D eigenvalue weighted by molar-refractivity contribution is -0.148. The Hall–Kier alpha value is -2.50. The third-order valence-corrected chi connectivity index (χ3v) is 4.16. The van der Waals surface area contributed by atoms with Crippen LogP contribution in [0.2, 0.25) is 0 Å². The van der Waals surface area contributed by atoms with Crippen LogP contribution in [0.5, 0.6) is 11.5 Å². The van der Waals surface area contributed by atoms with Gasteiger partial charge >= 0.3 is 11.9 Å². The van der Waals surface area contributed by atoms with Crippen LogP contribution >= 0.6 is 0 Å². The molecule has 0 amide bonds. The molecule has 0 aliphatic rings. The molecule has 6 nitrogen and oxygen atoms in total. The van der Waals surface area contributed by atoms with E-state index in [9.17, 15) is 9.59 Å². The molecule has 0 bridgehead atoms. The Kier molecular flexibility index (Phi) is 10.7. The highest BCUT2D eigenvalue weighted by Gasteiger charge is 2.11. The molecule has 27 heavy (non-hydrogen) atoms. The standard InChI is InChI=1S/C21H30O6/c1-4-16(2)21(24)27-14-8-6-5-7-13-26-18-11-9-17(10-12-20(22)23)15-19(18)25-3/h9-12,15-16H,4-8,13-14H2,1-3H3,(H,22,23)/b12-10+. The van der Waals surface area contributed by atoms with Crippen LogP contribution in [0.3, 0.4) is 0 Å². The van der Waals surface area contributed by atoms with Crippen LogP contribution in [0.4, 0.5) is 0 Å². The highest BCUT2D eigenvalue weighted by atomic mass is 16.5. The van der Waals surface area contributed by atoms with E-state index < -0.39 is 5.97 Å². The van der Waals surface area contributed by atoms with Crippen molar-refractivity contribution in [1.82, 2.24) is 0 Å². The minimum atomic E-state index is -0.996. The van der Waals surface area contributed by atoms with E-state index in [0.717, 1.165) is 43.7 Å². The normalized spacial score (nSPS) is 12.0. The lowest BCUT2D eigenvalue weighted by Gasteiger charge is -2.11. The summed E-state index contributed by atoms with van der Waals surface area (Å²) in [4.78, 5) is 22.1. The number of carbonyl (C=O) groups excluding carboxylic acids is 1. The Labute approximate surface area is 161 Å². The molecule has 1 N–H and O–H groups in total. The predicted octanol–water partition coefficient (Wildman–Crippen LogP) is 4.32. The Balaban J connectivity index is 2.26. The van der Waals surface area contributed by atoms with E-state index in [-0.39, 0.29) is 11.9 Å². The van der Waals surface area contributed by atoms with Gasteiger partial charge in [-0.05, 0) is 55.9 Å². The molecule has 1 unspecified atom stereocenters. The Morgan fingerprint density at radius 2 is 1.81 bits per heavy atom. The minimum Gasteiger partial charge on any atom is -0.493 e. The van der Waals surface area contributed by atoms with Gasteiger partial charge in [-0.15, -0.1) is 0 Å². The molecule has 0 saturated heterocycles. The number of carboxylic acids is 1. The maximum atomic E-state index is 11.5. The van der Waals surface area contributed by atoms with Gasteiger partial charge in [0, 0.05) is 6.08 Å². The van der Waals surface area contributed by atoms with Gasteiger partial charge in [0.15, 0.2) is 11.5 Å². The van der Waals surface area contributed by atoms with Crippen LogP contribution in [0.25, 0.3) is 6.08 Å². The lowest BCUT2D eigenvalue weighted by Crippen LogP contribution is -2.14. The van der Waals surface area contributed by atoms with Crippen molar-refractivity contribution >= 4 is 18.0 Å². The fourth-order valence-electron chi connectivity index (χ4n) is 2.30. The molecule has 0 saturated carbocycles. The molecule has 1 aromatic carbocycles. The first kappa shape index (κ1) is 22.5. The molecule has 0 fully saturated rings. The highest BCUT2D eigenvalue weighted by molar-refractivity contribution is 5.85. The van der Waals surface area contributed by atoms with Crippen LogP contribution in [0.15, 0.2) is 24.3 Å². The summed E-state index contributed by atoms with van der Waals surface area (Å²) in [5.41, 5.74) is 0.730. The number of methoxy groups -OCH3 is 1. The van der Waals surface area contributed by atoms with Gasteiger partial charge in [0.1, 0.15) is 0 Å². The maximum absolute atomic E-state index is 11.5. The molecule has 0 radical (unpaired) electrons. The van der Waals surface area contributed by atoms with Gasteiger partial charge in [0.2, 0.25) is 0 Å². The topological polar surface area (TPSA) is 82.1 Å². The van der Waals surface area contributed by atoms with E-state index in [4.69, 9.17) is 19.3 Å². The smallest absolute Gasteiger partial charge is 0.328 e. The largest absolute Gasteiger partial charge is 0.493 e. The molecule has 0 aliphatic heterocycles. The summed E-state index contributed by atoms with van der Waals surface area (Å²) in [7, 11) is 1.55. The molecule has 6 heteroatoms. The van der Waals surface area contributed by atoms with Gasteiger partial charge in [-0.25, -0.2) is 4.79 Å². The van der Waals surface area contributed by atoms with Crippen molar-refractivity contribution in [2.75, 3.05) is 20.3 Å². The number of hydrogen-bond acceptors (Lipinski definition) is 5. The van der Waals surface area contributed by atoms with Crippen molar-refractivity contribution in [1.29, 1.82) is 0 Å². The molecular weight excluding hydrogens is 348 g/mol. The number of hydrogen-bond donors (Lipinski definition) is 1. The number of unbranched alkanes of at least 4 members (excludes halogenated alkanes) is 3. The summed E-state index contributed by atoms with van der Waals surface area (Å²) in [6, 6.07) is 5.29. The number of carboxylic acid groups (broad SMARTS) is 1. The zero-order valence-electron chi connectivity index (χ0n) is 16.4. The average Bonchev–Trinajstić information content (AvgIpc) is 2.67. The zero-order valence-corrected chi connectivity index (χ0v) is 16.4. The van der Waals surface area contributed by atoms with Crippen molar-refractivity contribution in [2.45, 2.75) is 46.0 Å². The molecule has 150 valence electrons. The van der Waals surface area contributed by atoms with Crippen molar-refractivity contribution in [3.05, 3.63) is 29.8 Å². The Morgan fingerprint density at radius 3 is 2.44 bits per heavy atom. The third kappa shape index (κ3) is 9.13. The molecule has 1 atom stereocenters. The monoisotopic (exact) mass is 378 g/mol. The molecular formula is C21H30O6. The van der Waals surface area contributed by atoms with E-state index in [1.165, 1.54) is 6.08 Å². The second kappa shape index (κ2) is 12.8. The van der Waals surface area contributed by atoms with Gasteiger partial charge < -0.3 is 19.3 Å². The number of ether oxygens (including phenoxy) is 3. The van der Waals surface area contributed by atoms with Crippen molar-refractivity contribution in [2.24, 2.45) is 5.92 Å². The molecule has 1 aromatic rings. The Morgan fingerprint density at radius 1 is 1.11 bits per heavy atom. The fraction of sp³-hybridized carbons (Fsp3) is 0.524. The summed E-state index contributed by atoms with van der Waals surface area (Å²) in [6.45, 7) is 4.89. The first-order chi connectivity index (χ1) is 13.0. The van der Waals surface area contributed by atoms with Gasteiger partial charge in [-0.1, -0.05) is 19.9 Å². The van der Waals surface area contributed by atoms with E-state index in [1.807, 2.05) is 13.8 Å². The zero-order chi connectivity index (χ0) is 20.1. The van der Waals surface area contributed by atoms with Gasteiger partial charge in [0.05, 0.1) is 26.2 Å². The van der Waals surface area contributed by atoms with Gasteiger partial charge in [-0.3, -0.25) is 4.79 Å². The average molecular weight is 378 g/mol. The lowest BCUT2D eigenvalue weighted by atomic mass is 10.1. The van der Waals surface area contributed by atoms with Crippen molar-refractivity contribution in [3.63, 3.8) is 0 Å². The van der Waals surface area contributed by atoms with Crippen LogP contribution < -0.4 is 9.47 Å². The SMILES string of the molecule is CCC(C)C(=O)OCCCCCCOc1ccc(/C=C/C(=O)O)cc1OC. The summed E-state index contributed by atoms with van der Waals surface area (Å²) < 4.78 is 16.3. The molecule has 0 heterocycles. The second-order valence-electron chi connectivity index (χ2n) is 6.32. The summed E-state index contributed by atoms with van der Waals surface area (Å²) >= 11 is 0. The number of carbonyl (C=O) groups is 2. The summed E-state index contributed by atoms with van der Waals surface area (Å²) in [6.07, 6.45) is 7.10. The van der Waals surface area contributed by atoms with E-state index in [1.54, 1.807) is 25.3 Å². The third-order valence-electron chi connectivity index (χ3n) is 4.16. The van der Waals surface area contributed by atoms with E-state index >= 15 is 0 Å². The summed E-state index contributed by atoms with van der Waals surface area (Å²) in [5, 5.41) is 8.67. The number of aliphatic carboxylic acids is 1. The molecule has 0 aromatic heterocycles. The van der Waals surface area contributed by atoms with Crippen LogP contribution in [0.1, 0.15) is 51.5 Å². The van der Waals surface area contributed by atoms with Crippen LogP contribution in [0, 0.1) is 5.92 Å². The summed E-state index contributed by atoms with van der Waals surface area (Å²) in [5.74, 6) is 0.0600. The predicted molar refractivity (Wildman–Crippen MR) is 104 cm³/mol. The first-order valence-corrected chi connectivity index (χ1v) is 9.36. The highest BCUT2D eigenvalue weighted by Crippen LogP contribution is 2.28. The second-order valence-corrected chi connectivity index (χ2v) is 6.32.